The monoisotopic (exact) mass is 480 g/mol. The summed E-state index contributed by atoms with van der Waals surface area (Å²) in [7, 11) is -3.57. The predicted molar refractivity (Wildman–Crippen MR) is 116 cm³/mol. The molecule has 6 nitrogen and oxygen atoms in total. The van der Waals surface area contributed by atoms with Crippen LogP contribution in [0.15, 0.2) is 45.8 Å². The van der Waals surface area contributed by atoms with E-state index in [-0.39, 0.29) is 16.4 Å². The Morgan fingerprint density at radius 1 is 1.10 bits per heavy atom. The second-order valence-corrected chi connectivity index (χ2v) is 9.97. The number of amides is 1. The van der Waals surface area contributed by atoms with E-state index in [1.165, 1.54) is 16.4 Å². The summed E-state index contributed by atoms with van der Waals surface area (Å²) in [5.74, 6) is 0.413. The lowest BCUT2D eigenvalue weighted by molar-refractivity contribution is 0.0946. The van der Waals surface area contributed by atoms with Crippen LogP contribution < -0.4 is 10.1 Å². The Bertz CT molecular complexity index is 981. The molecular formula is C21H25BrN2O4S. The Hall–Kier alpha value is -1.90. The van der Waals surface area contributed by atoms with E-state index in [1.54, 1.807) is 6.07 Å². The van der Waals surface area contributed by atoms with Crippen LogP contribution in [0.5, 0.6) is 5.75 Å². The number of nitrogens with zero attached hydrogens (tertiary/aromatic N) is 1. The van der Waals surface area contributed by atoms with Gasteiger partial charge in [0.2, 0.25) is 10.0 Å². The average Bonchev–Trinajstić information content (AvgIpc) is 3.20. The molecule has 2 aromatic carbocycles. The normalized spacial score (nSPS) is 14.7. The van der Waals surface area contributed by atoms with E-state index in [0.717, 1.165) is 29.7 Å². The molecular weight excluding hydrogens is 456 g/mol. The molecule has 0 radical (unpaired) electrons. The molecule has 0 aromatic heterocycles. The number of aryl methyl sites for hydroxylation is 2. The quantitative estimate of drug-likeness (QED) is 0.613. The second-order valence-electron chi connectivity index (χ2n) is 7.18. The minimum atomic E-state index is -3.57. The molecule has 1 N–H and O–H groups in total. The average molecular weight is 481 g/mol. The third-order valence-electron chi connectivity index (χ3n) is 4.74. The number of hydrogen-bond acceptors (Lipinski definition) is 4. The Kier molecular flexibility index (Phi) is 6.97. The number of hydrogen-bond donors (Lipinski definition) is 1. The number of nitrogens with one attached hydrogen (secondary N) is 1. The lowest BCUT2D eigenvalue weighted by Gasteiger charge is -2.16. The molecule has 0 atom stereocenters. The number of benzene rings is 2. The van der Waals surface area contributed by atoms with Crippen LogP contribution in [0.3, 0.4) is 0 Å². The van der Waals surface area contributed by atoms with E-state index in [4.69, 9.17) is 4.74 Å². The summed E-state index contributed by atoms with van der Waals surface area (Å²) in [5, 5.41) is 2.79. The summed E-state index contributed by atoms with van der Waals surface area (Å²) in [5.41, 5.74) is 2.52. The van der Waals surface area contributed by atoms with E-state index in [1.807, 2.05) is 26.0 Å². The van der Waals surface area contributed by atoms with Crippen LogP contribution in [0.1, 0.15) is 34.3 Å². The van der Waals surface area contributed by atoms with Crippen LogP contribution in [0, 0.1) is 13.8 Å². The van der Waals surface area contributed by atoms with Crippen LogP contribution in [0.4, 0.5) is 0 Å². The van der Waals surface area contributed by atoms with E-state index in [9.17, 15) is 13.2 Å². The minimum Gasteiger partial charge on any atom is -0.492 e. The summed E-state index contributed by atoms with van der Waals surface area (Å²) in [6.45, 7) is 5.68. The maximum absolute atomic E-state index is 12.8. The molecule has 156 valence electrons. The van der Waals surface area contributed by atoms with Gasteiger partial charge in [0.15, 0.2) is 0 Å². The van der Waals surface area contributed by atoms with Gasteiger partial charge in [0.05, 0.1) is 17.0 Å². The van der Waals surface area contributed by atoms with Crippen molar-refractivity contribution in [1.82, 2.24) is 9.62 Å². The highest BCUT2D eigenvalue weighted by Gasteiger charge is 2.28. The van der Waals surface area contributed by atoms with E-state index in [0.29, 0.717) is 30.7 Å². The first kappa shape index (κ1) is 21.8. The molecule has 1 fully saturated rings. The fourth-order valence-corrected chi connectivity index (χ4v) is 5.33. The van der Waals surface area contributed by atoms with Crippen molar-refractivity contribution in [2.24, 2.45) is 0 Å². The highest BCUT2D eigenvalue weighted by molar-refractivity contribution is 9.10. The SMILES string of the molecule is Cc1cc(C)cc(OCCNC(=O)c2cc(S(=O)(=O)N3CCCC3)ccc2Br)c1. The zero-order valence-electron chi connectivity index (χ0n) is 16.6. The van der Waals surface area contributed by atoms with Crippen LogP contribution in [-0.4, -0.2) is 44.9 Å². The molecule has 0 spiro atoms. The van der Waals surface area contributed by atoms with Gasteiger partial charge in [0, 0.05) is 17.6 Å². The fraction of sp³-hybridized carbons (Fsp3) is 0.381. The van der Waals surface area contributed by atoms with Crippen molar-refractivity contribution in [2.45, 2.75) is 31.6 Å². The van der Waals surface area contributed by atoms with Gasteiger partial charge in [-0.25, -0.2) is 8.42 Å². The Morgan fingerprint density at radius 2 is 1.76 bits per heavy atom. The van der Waals surface area contributed by atoms with Crippen LogP contribution in [-0.2, 0) is 10.0 Å². The molecule has 1 aliphatic rings. The van der Waals surface area contributed by atoms with Crippen molar-refractivity contribution < 1.29 is 17.9 Å². The van der Waals surface area contributed by atoms with Gasteiger partial charge in [-0.2, -0.15) is 4.31 Å². The van der Waals surface area contributed by atoms with Crippen LogP contribution >= 0.6 is 15.9 Å². The standard InChI is InChI=1S/C21H25BrN2O4S/c1-15-11-16(2)13-17(12-15)28-10-7-23-21(25)19-14-18(5-6-20(19)22)29(26,27)24-8-3-4-9-24/h5-6,11-14H,3-4,7-10H2,1-2H3,(H,23,25). The fourth-order valence-electron chi connectivity index (χ4n) is 3.36. The van der Waals surface area contributed by atoms with Gasteiger partial charge >= 0.3 is 0 Å². The Labute approximate surface area is 180 Å². The lowest BCUT2D eigenvalue weighted by Crippen LogP contribution is -2.30. The van der Waals surface area contributed by atoms with Gasteiger partial charge < -0.3 is 10.1 Å². The van der Waals surface area contributed by atoms with Gasteiger partial charge in [-0.3, -0.25) is 4.79 Å². The van der Waals surface area contributed by atoms with Crippen molar-refractivity contribution >= 4 is 31.9 Å². The van der Waals surface area contributed by atoms with E-state index in [2.05, 4.69) is 27.3 Å². The summed E-state index contributed by atoms with van der Waals surface area (Å²) >= 11 is 3.34. The first-order valence-corrected chi connectivity index (χ1v) is 11.8. The molecule has 1 amide bonds. The number of carbonyl (C=O) groups excluding carboxylic acids is 1. The molecule has 2 aromatic rings. The smallest absolute Gasteiger partial charge is 0.252 e. The van der Waals surface area contributed by atoms with Gasteiger partial charge in [0.1, 0.15) is 12.4 Å². The highest BCUT2D eigenvalue weighted by atomic mass is 79.9. The Morgan fingerprint density at radius 3 is 2.41 bits per heavy atom. The van der Waals surface area contributed by atoms with Gasteiger partial charge in [0.25, 0.3) is 5.91 Å². The summed E-state index contributed by atoms with van der Waals surface area (Å²) < 4.78 is 33.2. The lowest BCUT2D eigenvalue weighted by atomic mass is 10.1. The molecule has 0 aliphatic carbocycles. The first-order chi connectivity index (χ1) is 13.8. The first-order valence-electron chi connectivity index (χ1n) is 9.56. The number of halogens is 1. The molecule has 0 saturated carbocycles. The molecule has 29 heavy (non-hydrogen) atoms. The maximum atomic E-state index is 12.8. The molecule has 0 bridgehead atoms. The number of carbonyl (C=O) groups is 1. The zero-order chi connectivity index (χ0) is 21.0. The van der Waals surface area contributed by atoms with Crippen molar-refractivity contribution in [3.8, 4) is 5.75 Å². The summed E-state index contributed by atoms with van der Waals surface area (Å²) in [6.07, 6.45) is 1.73. The predicted octanol–water partition coefficient (Wildman–Crippen LogP) is 3.66. The Balaban J connectivity index is 1.63. The van der Waals surface area contributed by atoms with Crippen molar-refractivity contribution in [3.05, 3.63) is 57.6 Å². The topological polar surface area (TPSA) is 75.7 Å². The number of rotatable bonds is 7. The number of ether oxygens (including phenoxy) is 1. The molecule has 1 aliphatic heterocycles. The van der Waals surface area contributed by atoms with Crippen molar-refractivity contribution in [3.63, 3.8) is 0 Å². The number of sulfonamides is 1. The van der Waals surface area contributed by atoms with Crippen LogP contribution in [0.25, 0.3) is 0 Å². The van der Waals surface area contributed by atoms with Gasteiger partial charge in [-0.1, -0.05) is 6.07 Å². The van der Waals surface area contributed by atoms with Gasteiger partial charge in [-0.05, 0) is 84.1 Å². The second kappa shape index (κ2) is 9.28. The maximum Gasteiger partial charge on any atom is 0.252 e. The van der Waals surface area contributed by atoms with Crippen LogP contribution in [0.2, 0.25) is 0 Å². The molecule has 3 rings (SSSR count). The summed E-state index contributed by atoms with van der Waals surface area (Å²) in [4.78, 5) is 12.7. The molecule has 0 unspecified atom stereocenters. The highest BCUT2D eigenvalue weighted by Crippen LogP contribution is 2.25. The van der Waals surface area contributed by atoms with E-state index >= 15 is 0 Å². The summed E-state index contributed by atoms with van der Waals surface area (Å²) in [6, 6.07) is 10.5. The molecule has 8 heteroatoms. The van der Waals surface area contributed by atoms with E-state index < -0.39 is 10.0 Å². The molecule has 1 saturated heterocycles. The largest absolute Gasteiger partial charge is 0.492 e. The third kappa shape index (κ3) is 5.38. The van der Waals surface area contributed by atoms with Crippen molar-refractivity contribution in [2.75, 3.05) is 26.2 Å². The molecule has 1 heterocycles. The van der Waals surface area contributed by atoms with Crippen molar-refractivity contribution in [1.29, 1.82) is 0 Å². The van der Waals surface area contributed by atoms with Gasteiger partial charge in [-0.15, -0.1) is 0 Å². The zero-order valence-corrected chi connectivity index (χ0v) is 19.0. The third-order valence-corrected chi connectivity index (χ3v) is 7.32. The minimum absolute atomic E-state index is 0.138.